The Labute approximate surface area is 181 Å². The first-order valence-electron chi connectivity index (χ1n) is 10.7. The number of aliphatic hydroxyl groups excluding tert-OH is 1. The summed E-state index contributed by atoms with van der Waals surface area (Å²) in [7, 11) is 0. The van der Waals surface area contributed by atoms with Crippen molar-refractivity contribution in [1.82, 2.24) is 9.80 Å². The fourth-order valence-corrected chi connectivity index (χ4v) is 5.53. The van der Waals surface area contributed by atoms with Crippen molar-refractivity contribution in [1.29, 1.82) is 0 Å². The van der Waals surface area contributed by atoms with Crippen LogP contribution in [0, 0.1) is 11.6 Å². The molecule has 0 aliphatic carbocycles. The SMILES string of the molecule is OC[C@@H]1[C@@H](c2ccccc2)C2(CN(Cc3ccccc3F)C2)N1Cc1ccccc1F. The normalized spacial score (nSPS) is 22.8. The Morgan fingerprint density at radius 1 is 0.774 bits per heavy atom. The lowest BCUT2D eigenvalue weighted by atomic mass is 9.60. The third kappa shape index (κ3) is 3.47. The first-order chi connectivity index (χ1) is 15.1. The highest BCUT2D eigenvalue weighted by Crippen LogP contribution is 2.54. The van der Waals surface area contributed by atoms with Crippen LogP contribution in [0.4, 0.5) is 8.78 Å². The van der Waals surface area contributed by atoms with Crippen molar-refractivity contribution in [3.8, 4) is 0 Å². The third-order valence-electron chi connectivity index (χ3n) is 6.93. The van der Waals surface area contributed by atoms with Gasteiger partial charge in [-0.1, -0.05) is 66.7 Å². The zero-order chi connectivity index (χ0) is 21.4. The van der Waals surface area contributed by atoms with Crippen molar-refractivity contribution >= 4 is 0 Å². The summed E-state index contributed by atoms with van der Waals surface area (Å²) in [6.07, 6.45) is 0. The minimum Gasteiger partial charge on any atom is -0.395 e. The molecule has 3 aromatic rings. The summed E-state index contributed by atoms with van der Waals surface area (Å²) >= 11 is 0. The van der Waals surface area contributed by atoms with Gasteiger partial charge in [-0.05, 0) is 17.7 Å². The zero-order valence-corrected chi connectivity index (χ0v) is 17.3. The number of benzene rings is 3. The van der Waals surface area contributed by atoms with E-state index >= 15 is 0 Å². The van der Waals surface area contributed by atoms with Gasteiger partial charge in [0.05, 0.1) is 12.1 Å². The molecule has 0 amide bonds. The zero-order valence-electron chi connectivity index (χ0n) is 17.3. The van der Waals surface area contributed by atoms with Gasteiger partial charge < -0.3 is 5.11 Å². The molecule has 2 atom stereocenters. The van der Waals surface area contributed by atoms with Crippen molar-refractivity contribution in [3.05, 3.63) is 107 Å². The fourth-order valence-electron chi connectivity index (χ4n) is 5.53. The van der Waals surface area contributed by atoms with E-state index in [1.165, 1.54) is 17.7 Å². The second-order valence-corrected chi connectivity index (χ2v) is 8.70. The Bertz CT molecular complexity index is 1050. The molecule has 0 unspecified atom stereocenters. The molecule has 1 spiro atoms. The van der Waals surface area contributed by atoms with Gasteiger partial charge in [-0.2, -0.15) is 0 Å². The molecule has 0 radical (unpaired) electrons. The van der Waals surface area contributed by atoms with E-state index in [-0.39, 0.29) is 35.7 Å². The summed E-state index contributed by atoms with van der Waals surface area (Å²) in [6, 6.07) is 23.9. The maximum absolute atomic E-state index is 14.4. The van der Waals surface area contributed by atoms with Gasteiger partial charge in [0.15, 0.2) is 0 Å². The standard InChI is InChI=1S/C26H26F2N2O/c27-22-12-6-4-10-20(22)14-29-17-26(18-29)25(19-8-2-1-3-9-19)24(16-31)30(26)15-21-11-5-7-13-23(21)28/h1-13,24-25,31H,14-18H2/t24-,25-/m1/s1. The van der Waals surface area contributed by atoms with Crippen LogP contribution in [0.3, 0.4) is 0 Å². The Balaban J connectivity index is 1.42. The maximum Gasteiger partial charge on any atom is 0.127 e. The van der Waals surface area contributed by atoms with Crippen LogP contribution in [-0.2, 0) is 13.1 Å². The second-order valence-electron chi connectivity index (χ2n) is 8.70. The first-order valence-corrected chi connectivity index (χ1v) is 10.7. The predicted molar refractivity (Wildman–Crippen MR) is 116 cm³/mol. The summed E-state index contributed by atoms with van der Waals surface area (Å²) in [5.41, 5.74) is 2.33. The molecule has 160 valence electrons. The van der Waals surface area contributed by atoms with Crippen LogP contribution in [0.25, 0.3) is 0 Å². The van der Waals surface area contributed by atoms with Crippen molar-refractivity contribution in [2.24, 2.45) is 0 Å². The lowest BCUT2D eigenvalue weighted by molar-refractivity contribution is -0.198. The molecule has 2 saturated heterocycles. The Kier molecular flexibility index (Phi) is 5.34. The van der Waals surface area contributed by atoms with E-state index in [1.807, 2.05) is 42.5 Å². The van der Waals surface area contributed by atoms with E-state index in [9.17, 15) is 13.9 Å². The van der Waals surface area contributed by atoms with Gasteiger partial charge in [0, 0.05) is 49.3 Å². The monoisotopic (exact) mass is 420 g/mol. The molecular weight excluding hydrogens is 394 g/mol. The summed E-state index contributed by atoms with van der Waals surface area (Å²) < 4.78 is 28.6. The minimum atomic E-state index is -0.222. The van der Waals surface area contributed by atoms with Gasteiger partial charge >= 0.3 is 0 Å². The highest BCUT2D eigenvalue weighted by Gasteiger charge is 2.65. The van der Waals surface area contributed by atoms with Gasteiger partial charge in [0.25, 0.3) is 0 Å². The van der Waals surface area contributed by atoms with Crippen LogP contribution in [0.1, 0.15) is 22.6 Å². The van der Waals surface area contributed by atoms with Crippen LogP contribution in [0.5, 0.6) is 0 Å². The molecule has 0 bridgehead atoms. The molecule has 2 heterocycles. The molecule has 0 saturated carbocycles. The Hall–Kier alpha value is -2.60. The summed E-state index contributed by atoms with van der Waals surface area (Å²) in [5, 5.41) is 10.2. The second kappa shape index (κ2) is 8.15. The number of aliphatic hydroxyl groups is 1. The van der Waals surface area contributed by atoms with Crippen LogP contribution in [0.2, 0.25) is 0 Å². The summed E-state index contributed by atoms with van der Waals surface area (Å²) in [5.74, 6) is -0.254. The number of hydrogen-bond donors (Lipinski definition) is 1. The largest absolute Gasteiger partial charge is 0.395 e. The topological polar surface area (TPSA) is 26.7 Å². The number of hydrogen-bond acceptors (Lipinski definition) is 3. The predicted octanol–water partition coefficient (Wildman–Crippen LogP) is 4.18. The smallest absolute Gasteiger partial charge is 0.127 e. The minimum absolute atomic E-state index is 0.0169. The average Bonchev–Trinajstić information content (AvgIpc) is 2.75. The maximum atomic E-state index is 14.4. The van der Waals surface area contributed by atoms with E-state index in [0.717, 1.165) is 13.1 Å². The molecule has 5 heteroatoms. The average molecular weight is 421 g/mol. The van der Waals surface area contributed by atoms with E-state index in [4.69, 9.17) is 0 Å². The number of rotatable bonds is 6. The molecule has 2 aliphatic rings. The van der Waals surface area contributed by atoms with E-state index in [0.29, 0.717) is 24.2 Å². The molecule has 5 rings (SSSR count). The van der Waals surface area contributed by atoms with Crippen molar-refractivity contribution < 1.29 is 13.9 Å². The van der Waals surface area contributed by atoms with E-state index in [1.54, 1.807) is 12.1 Å². The highest BCUT2D eigenvalue weighted by molar-refractivity contribution is 5.37. The molecular formula is C26H26F2N2O. The van der Waals surface area contributed by atoms with Crippen molar-refractivity contribution in [2.75, 3.05) is 19.7 Å². The van der Waals surface area contributed by atoms with Gasteiger partial charge in [-0.15, -0.1) is 0 Å². The number of likely N-dealkylation sites (tertiary alicyclic amines) is 2. The van der Waals surface area contributed by atoms with Crippen LogP contribution in [0.15, 0.2) is 78.9 Å². The highest BCUT2D eigenvalue weighted by atomic mass is 19.1. The molecule has 0 aromatic heterocycles. The molecule has 2 aliphatic heterocycles. The fraction of sp³-hybridized carbons (Fsp3) is 0.308. The molecule has 31 heavy (non-hydrogen) atoms. The molecule has 3 aromatic carbocycles. The van der Waals surface area contributed by atoms with Crippen molar-refractivity contribution in [3.63, 3.8) is 0 Å². The first kappa shape index (κ1) is 20.3. The van der Waals surface area contributed by atoms with E-state index < -0.39 is 0 Å². The molecule has 3 nitrogen and oxygen atoms in total. The van der Waals surface area contributed by atoms with Gasteiger partial charge in [-0.3, -0.25) is 9.80 Å². The summed E-state index contributed by atoms with van der Waals surface area (Å²) in [6.45, 7) is 2.53. The van der Waals surface area contributed by atoms with Gasteiger partial charge in [0.1, 0.15) is 11.6 Å². The van der Waals surface area contributed by atoms with Gasteiger partial charge in [-0.25, -0.2) is 8.78 Å². The van der Waals surface area contributed by atoms with E-state index in [2.05, 4.69) is 21.9 Å². The Morgan fingerprint density at radius 3 is 1.90 bits per heavy atom. The lowest BCUT2D eigenvalue weighted by Gasteiger charge is -2.71. The number of nitrogens with zero attached hydrogens (tertiary/aromatic N) is 2. The van der Waals surface area contributed by atoms with Crippen LogP contribution >= 0.6 is 0 Å². The third-order valence-corrected chi connectivity index (χ3v) is 6.93. The summed E-state index contributed by atoms with van der Waals surface area (Å²) in [4.78, 5) is 4.48. The quantitative estimate of drug-likeness (QED) is 0.648. The molecule has 2 fully saturated rings. The van der Waals surface area contributed by atoms with Gasteiger partial charge in [0.2, 0.25) is 0 Å². The molecule has 1 N–H and O–H groups in total. The lowest BCUT2D eigenvalue weighted by Crippen LogP contribution is -2.84. The Morgan fingerprint density at radius 2 is 1.32 bits per heavy atom. The van der Waals surface area contributed by atoms with Crippen molar-refractivity contribution in [2.45, 2.75) is 30.6 Å². The van der Waals surface area contributed by atoms with Crippen LogP contribution < -0.4 is 0 Å². The number of halogens is 2. The van der Waals surface area contributed by atoms with Crippen LogP contribution in [-0.4, -0.2) is 46.2 Å².